The van der Waals surface area contributed by atoms with E-state index in [1.807, 2.05) is 12.1 Å². The normalized spacial score (nSPS) is 15.1. The Hall–Kier alpha value is -1.000. The zero-order chi connectivity index (χ0) is 21.7. The van der Waals surface area contributed by atoms with E-state index in [1.54, 1.807) is 48.5 Å². The van der Waals surface area contributed by atoms with E-state index in [-0.39, 0.29) is 13.2 Å². The third kappa shape index (κ3) is 11.4. The molecule has 0 spiro atoms. The van der Waals surface area contributed by atoms with Crippen molar-refractivity contribution in [3.8, 4) is 11.5 Å². The molecule has 2 atom stereocenters. The van der Waals surface area contributed by atoms with Crippen molar-refractivity contribution in [1.29, 1.82) is 0 Å². The van der Waals surface area contributed by atoms with Crippen LogP contribution in [0.4, 0.5) is 0 Å². The summed E-state index contributed by atoms with van der Waals surface area (Å²) in [4.78, 5) is 0. The Morgan fingerprint density at radius 2 is 0.900 bits per heavy atom. The lowest BCUT2D eigenvalue weighted by atomic mass is 10.1. The average molecular weight is 495 g/mol. The van der Waals surface area contributed by atoms with Crippen LogP contribution in [0.25, 0.3) is 0 Å². The summed E-state index contributed by atoms with van der Waals surface area (Å²) >= 11 is 11.6. The van der Waals surface area contributed by atoms with E-state index in [2.05, 4.69) is 0 Å². The van der Waals surface area contributed by atoms with Crippen molar-refractivity contribution in [3.05, 3.63) is 60.7 Å². The van der Waals surface area contributed by atoms with E-state index in [9.17, 15) is 9.13 Å². The highest BCUT2D eigenvalue weighted by molar-refractivity contribution is 7.82. The van der Waals surface area contributed by atoms with Crippen LogP contribution in [0.3, 0.4) is 0 Å². The molecule has 0 saturated carbocycles. The van der Waals surface area contributed by atoms with Gasteiger partial charge in [-0.3, -0.25) is 9.05 Å². The summed E-state index contributed by atoms with van der Waals surface area (Å²) in [6.45, 7) is -6.71. The van der Waals surface area contributed by atoms with Gasteiger partial charge in [0.25, 0.3) is 0 Å². The molecule has 2 rings (SSSR count). The van der Waals surface area contributed by atoms with Crippen LogP contribution in [-0.2, 0) is 18.2 Å². The molecule has 0 amide bonds. The van der Waals surface area contributed by atoms with E-state index >= 15 is 0 Å². The van der Waals surface area contributed by atoms with Gasteiger partial charge in [0.2, 0.25) is 0 Å². The smallest absolute Gasteiger partial charge is 0.413 e. The Bertz CT molecular complexity index is 753. The second kappa shape index (κ2) is 13.4. The van der Waals surface area contributed by atoms with Crippen molar-refractivity contribution >= 4 is 36.4 Å². The average Bonchev–Trinajstić information content (AvgIpc) is 2.70. The molecule has 0 fully saturated rings. The second-order valence-corrected chi connectivity index (χ2v) is 11.5. The van der Waals surface area contributed by atoms with Gasteiger partial charge in [-0.2, -0.15) is 0 Å². The summed E-state index contributed by atoms with van der Waals surface area (Å²) in [5.41, 5.74) is 0. The van der Waals surface area contributed by atoms with Crippen LogP contribution in [0.15, 0.2) is 60.7 Å². The lowest BCUT2D eigenvalue weighted by molar-refractivity contribution is 0.265. The Morgan fingerprint density at radius 3 is 1.27 bits per heavy atom. The maximum absolute atomic E-state index is 12.0. The summed E-state index contributed by atoms with van der Waals surface area (Å²) in [7, 11) is 0. The van der Waals surface area contributed by atoms with Crippen LogP contribution in [0.1, 0.15) is 38.5 Å². The van der Waals surface area contributed by atoms with E-state index < -0.39 is 13.9 Å². The molecule has 0 aliphatic rings. The lowest BCUT2D eigenvalue weighted by Crippen LogP contribution is -1.96. The fourth-order valence-corrected chi connectivity index (χ4v) is 4.96. The van der Waals surface area contributed by atoms with Crippen LogP contribution >= 0.6 is 36.4 Å². The van der Waals surface area contributed by atoms with Gasteiger partial charge in [0.1, 0.15) is 11.5 Å². The molecule has 10 heteroatoms. The molecule has 0 heterocycles. The summed E-state index contributed by atoms with van der Waals surface area (Å²) in [6.07, 6.45) is 5.24. The molecule has 0 bridgehead atoms. The van der Waals surface area contributed by atoms with E-state index in [0.29, 0.717) is 11.5 Å². The first-order valence-corrected chi connectivity index (χ1v) is 14.6. The Labute approximate surface area is 187 Å². The van der Waals surface area contributed by atoms with Gasteiger partial charge >= 0.3 is 13.9 Å². The highest BCUT2D eigenvalue weighted by atomic mass is 35.7. The standard InChI is InChI=1S/C20H26Cl2O6P2/c21-29(23,27-19-13-7-5-8-14-19)25-17-11-3-1-2-4-12-18-26-30(22,24)28-20-15-9-6-10-16-20/h5-10,13-16H,1-4,11-12,17-18H2. The third-order valence-electron chi connectivity index (χ3n) is 3.94. The number of rotatable bonds is 15. The van der Waals surface area contributed by atoms with E-state index in [4.69, 9.17) is 40.6 Å². The highest BCUT2D eigenvalue weighted by Gasteiger charge is 2.23. The number of para-hydroxylation sites is 2. The molecule has 2 unspecified atom stereocenters. The number of halogens is 2. The second-order valence-electron chi connectivity index (χ2n) is 6.46. The minimum absolute atomic E-state index is 0.267. The maximum atomic E-state index is 12.0. The topological polar surface area (TPSA) is 71.1 Å². The van der Waals surface area contributed by atoms with E-state index in [0.717, 1.165) is 38.5 Å². The minimum atomic E-state index is -3.62. The monoisotopic (exact) mass is 494 g/mol. The van der Waals surface area contributed by atoms with Crippen LogP contribution in [-0.4, -0.2) is 13.2 Å². The highest BCUT2D eigenvalue weighted by Crippen LogP contribution is 2.54. The molecule has 166 valence electrons. The van der Waals surface area contributed by atoms with Crippen molar-refractivity contribution in [2.75, 3.05) is 13.2 Å². The molecule has 0 N–H and O–H groups in total. The summed E-state index contributed by atoms with van der Waals surface area (Å²) in [5.74, 6) is 0.822. The predicted molar refractivity (Wildman–Crippen MR) is 121 cm³/mol. The minimum Gasteiger partial charge on any atom is -0.413 e. The van der Waals surface area contributed by atoms with E-state index in [1.165, 1.54) is 0 Å². The van der Waals surface area contributed by atoms with Crippen molar-refractivity contribution in [3.63, 3.8) is 0 Å². The molecule has 6 nitrogen and oxygen atoms in total. The van der Waals surface area contributed by atoms with Crippen LogP contribution in [0.5, 0.6) is 11.5 Å². The van der Waals surface area contributed by atoms with Gasteiger partial charge in [-0.05, 0) is 37.1 Å². The van der Waals surface area contributed by atoms with Gasteiger partial charge < -0.3 is 9.05 Å². The molecular weight excluding hydrogens is 469 g/mol. The van der Waals surface area contributed by atoms with Gasteiger partial charge in [0, 0.05) is 22.5 Å². The quantitative estimate of drug-likeness (QED) is 0.183. The Morgan fingerprint density at radius 1 is 0.567 bits per heavy atom. The van der Waals surface area contributed by atoms with Crippen molar-refractivity contribution < 1.29 is 27.2 Å². The fourth-order valence-electron chi connectivity index (χ4n) is 2.53. The molecule has 0 aliphatic carbocycles. The summed E-state index contributed by atoms with van der Waals surface area (Å²) in [5, 5.41) is 0. The van der Waals surface area contributed by atoms with Crippen LogP contribution in [0.2, 0.25) is 0 Å². The zero-order valence-electron chi connectivity index (χ0n) is 16.5. The van der Waals surface area contributed by atoms with Gasteiger partial charge in [0.15, 0.2) is 0 Å². The SMILES string of the molecule is O=P(Cl)(OCCCCCCCCOP(=O)(Cl)Oc1ccccc1)Oc1ccccc1. The van der Waals surface area contributed by atoms with Crippen molar-refractivity contribution in [2.24, 2.45) is 0 Å². The van der Waals surface area contributed by atoms with Crippen LogP contribution in [0, 0.1) is 0 Å². The Kier molecular flexibility index (Phi) is 11.3. The molecule has 0 saturated heterocycles. The van der Waals surface area contributed by atoms with Gasteiger partial charge in [-0.1, -0.05) is 62.1 Å². The number of hydrogen-bond donors (Lipinski definition) is 0. The molecule has 2 aromatic carbocycles. The largest absolute Gasteiger partial charge is 0.476 e. The number of benzene rings is 2. The van der Waals surface area contributed by atoms with Crippen LogP contribution < -0.4 is 9.05 Å². The van der Waals surface area contributed by atoms with Gasteiger partial charge in [-0.25, -0.2) is 9.13 Å². The van der Waals surface area contributed by atoms with Gasteiger partial charge in [0.05, 0.1) is 13.2 Å². The molecule has 0 aromatic heterocycles. The predicted octanol–water partition coefficient (Wildman–Crippen LogP) is 8.21. The lowest BCUT2D eigenvalue weighted by Gasteiger charge is -2.13. The molecule has 2 aromatic rings. The first-order valence-electron chi connectivity index (χ1n) is 9.74. The summed E-state index contributed by atoms with van der Waals surface area (Å²) < 4.78 is 44.8. The number of unbranched alkanes of at least 4 members (excludes halogenated alkanes) is 5. The third-order valence-corrected chi connectivity index (χ3v) is 6.78. The molecule has 0 aliphatic heterocycles. The Balaban J connectivity index is 1.46. The molecular formula is C20H26Cl2O6P2. The van der Waals surface area contributed by atoms with Crippen molar-refractivity contribution in [2.45, 2.75) is 38.5 Å². The fraction of sp³-hybridized carbons (Fsp3) is 0.400. The first kappa shape index (κ1) is 25.3. The molecule has 0 radical (unpaired) electrons. The number of hydrogen-bond acceptors (Lipinski definition) is 6. The zero-order valence-corrected chi connectivity index (χ0v) is 19.8. The first-order chi connectivity index (χ1) is 14.4. The summed E-state index contributed by atoms with van der Waals surface area (Å²) in [6, 6.07) is 17.4. The molecule has 30 heavy (non-hydrogen) atoms. The maximum Gasteiger partial charge on any atom is 0.476 e. The van der Waals surface area contributed by atoms with Crippen molar-refractivity contribution in [1.82, 2.24) is 0 Å². The van der Waals surface area contributed by atoms with Gasteiger partial charge in [-0.15, -0.1) is 0 Å².